The van der Waals surface area contributed by atoms with Gasteiger partial charge in [0.25, 0.3) is 0 Å². The van der Waals surface area contributed by atoms with Gasteiger partial charge in [0.2, 0.25) is 0 Å². The molecule has 4 heteroatoms. The minimum Gasteiger partial charge on any atom is -0.465 e. The average Bonchev–Trinajstić information content (AvgIpc) is 2.87. The fraction of sp³-hybridized carbons (Fsp3) is 0.867. The largest absolute Gasteiger partial charge is 0.465 e. The third-order valence-corrected chi connectivity index (χ3v) is 4.38. The van der Waals surface area contributed by atoms with Gasteiger partial charge < -0.3 is 9.47 Å². The Balaban J connectivity index is 2.02. The van der Waals surface area contributed by atoms with Crippen molar-refractivity contribution in [1.29, 1.82) is 0 Å². The van der Waals surface area contributed by atoms with Crippen LogP contribution in [0.5, 0.6) is 0 Å². The highest BCUT2D eigenvalue weighted by Gasteiger charge is 2.59. The second kappa shape index (κ2) is 4.80. The lowest BCUT2D eigenvalue weighted by Crippen LogP contribution is -2.42. The molecule has 0 bridgehead atoms. The highest BCUT2D eigenvalue weighted by atomic mass is 16.6. The maximum atomic E-state index is 12.5. The van der Waals surface area contributed by atoms with Gasteiger partial charge in [-0.25, -0.2) is 0 Å². The molecule has 0 aromatic rings. The molecule has 2 aliphatic rings. The third-order valence-electron chi connectivity index (χ3n) is 4.38. The fourth-order valence-corrected chi connectivity index (χ4v) is 3.11. The van der Waals surface area contributed by atoms with Crippen molar-refractivity contribution in [3.8, 4) is 0 Å². The predicted octanol–water partition coefficient (Wildman–Crippen LogP) is 2.70. The van der Waals surface area contributed by atoms with Crippen molar-refractivity contribution in [3.05, 3.63) is 0 Å². The standard InChI is InChI=1S/C15H24O4/c1-10(2)7-15(8-11(15)3)13(17)19-14(4)5-6-18-12(16)9-14/h10-11H,5-9H2,1-4H3. The van der Waals surface area contributed by atoms with Crippen LogP contribution in [0.2, 0.25) is 0 Å². The van der Waals surface area contributed by atoms with E-state index in [4.69, 9.17) is 9.47 Å². The second-order valence-corrected chi connectivity index (χ2v) is 6.85. The van der Waals surface area contributed by atoms with Crippen molar-refractivity contribution in [2.75, 3.05) is 6.61 Å². The van der Waals surface area contributed by atoms with Gasteiger partial charge in [-0.3, -0.25) is 9.59 Å². The zero-order valence-electron chi connectivity index (χ0n) is 12.3. The number of carbonyl (C=O) groups is 2. The highest BCUT2D eigenvalue weighted by Crippen LogP contribution is 2.57. The topological polar surface area (TPSA) is 52.6 Å². The summed E-state index contributed by atoms with van der Waals surface area (Å²) in [4.78, 5) is 23.8. The minimum absolute atomic E-state index is 0.120. The first kappa shape index (κ1) is 14.4. The Labute approximate surface area is 114 Å². The van der Waals surface area contributed by atoms with Crippen LogP contribution in [0.1, 0.15) is 53.4 Å². The van der Waals surface area contributed by atoms with Gasteiger partial charge in [-0.15, -0.1) is 0 Å². The summed E-state index contributed by atoms with van der Waals surface area (Å²) in [6.45, 7) is 8.53. The molecule has 0 radical (unpaired) electrons. The normalized spacial score (nSPS) is 37.9. The van der Waals surface area contributed by atoms with Crippen LogP contribution in [0.15, 0.2) is 0 Å². The third kappa shape index (κ3) is 2.93. The van der Waals surface area contributed by atoms with Crippen LogP contribution in [-0.2, 0) is 19.1 Å². The molecule has 108 valence electrons. The van der Waals surface area contributed by atoms with E-state index < -0.39 is 5.60 Å². The Morgan fingerprint density at radius 1 is 1.53 bits per heavy atom. The number of carbonyl (C=O) groups excluding carboxylic acids is 2. The van der Waals surface area contributed by atoms with E-state index in [0.717, 1.165) is 12.8 Å². The number of hydrogen-bond donors (Lipinski definition) is 0. The van der Waals surface area contributed by atoms with Crippen LogP contribution >= 0.6 is 0 Å². The van der Waals surface area contributed by atoms with Crippen molar-refractivity contribution in [1.82, 2.24) is 0 Å². The molecule has 3 unspecified atom stereocenters. The van der Waals surface area contributed by atoms with Crippen LogP contribution in [0.4, 0.5) is 0 Å². The van der Waals surface area contributed by atoms with Crippen LogP contribution < -0.4 is 0 Å². The molecule has 0 N–H and O–H groups in total. The van der Waals surface area contributed by atoms with Gasteiger partial charge in [-0.2, -0.15) is 0 Å². The van der Waals surface area contributed by atoms with Crippen LogP contribution in [0, 0.1) is 17.3 Å². The monoisotopic (exact) mass is 268 g/mol. The molecule has 1 aliphatic heterocycles. The summed E-state index contributed by atoms with van der Waals surface area (Å²) in [7, 11) is 0. The van der Waals surface area contributed by atoms with E-state index in [1.165, 1.54) is 0 Å². The molecule has 1 saturated heterocycles. The first-order valence-corrected chi connectivity index (χ1v) is 7.16. The van der Waals surface area contributed by atoms with E-state index in [1.54, 1.807) is 0 Å². The molecular weight excluding hydrogens is 244 g/mol. The number of rotatable bonds is 4. The molecule has 0 aromatic carbocycles. The first-order valence-electron chi connectivity index (χ1n) is 7.16. The summed E-state index contributed by atoms with van der Waals surface area (Å²) < 4.78 is 10.6. The smallest absolute Gasteiger partial charge is 0.312 e. The lowest BCUT2D eigenvalue weighted by atomic mass is 9.91. The Kier molecular flexibility index (Phi) is 3.63. The quantitative estimate of drug-likeness (QED) is 0.736. The molecule has 4 nitrogen and oxygen atoms in total. The molecule has 2 rings (SSSR count). The molecule has 1 aliphatic carbocycles. The summed E-state index contributed by atoms with van der Waals surface area (Å²) in [6, 6.07) is 0. The molecule has 1 saturated carbocycles. The molecule has 0 spiro atoms. The van der Waals surface area contributed by atoms with Gasteiger partial charge in [-0.05, 0) is 31.6 Å². The van der Waals surface area contributed by atoms with Crippen LogP contribution in [0.25, 0.3) is 0 Å². The maximum Gasteiger partial charge on any atom is 0.312 e. The van der Waals surface area contributed by atoms with Crippen molar-refractivity contribution >= 4 is 11.9 Å². The van der Waals surface area contributed by atoms with Gasteiger partial charge >= 0.3 is 11.9 Å². The van der Waals surface area contributed by atoms with Crippen LogP contribution in [0.3, 0.4) is 0 Å². The number of hydrogen-bond acceptors (Lipinski definition) is 4. The number of esters is 2. The summed E-state index contributed by atoms with van der Waals surface area (Å²) in [6.07, 6.45) is 2.54. The zero-order valence-corrected chi connectivity index (χ0v) is 12.3. The van der Waals surface area contributed by atoms with Gasteiger partial charge in [0.1, 0.15) is 5.60 Å². The Morgan fingerprint density at radius 2 is 2.16 bits per heavy atom. The average molecular weight is 268 g/mol. The molecule has 0 amide bonds. The van der Waals surface area contributed by atoms with E-state index >= 15 is 0 Å². The van der Waals surface area contributed by atoms with Gasteiger partial charge in [0.15, 0.2) is 0 Å². The molecule has 0 aromatic heterocycles. The predicted molar refractivity (Wildman–Crippen MR) is 70.4 cm³/mol. The maximum absolute atomic E-state index is 12.5. The molecule has 1 heterocycles. The lowest BCUT2D eigenvalue weighted by molar-refractivity contribution is -0.180. The first-order chi connectivity index (χ1) is 8.77. The van der Waals surface area contributed by atoms with Gasteiger partial charge in [-0.1, -0.05) is 20.8 Å². The van der Waals surface area contributed by atoms with E-state index in [1.807, 2.05) is 6.92 Å². The summed E-state index contributed by atoms with van der Waals surface area (Å²) >= 11 is 0. The second-order valence-electron chi connectivity index (χ2n) is 6.85. The zero-order chi connectivity index (χ0) is 14.3. The van der Waals surface area contributed by atoms with E-state index in [-0.39, 0.29) is 23.8 Å². The van der Waals surface area contributed by atoms with Crippen molar-refractivity contribution in [2.45, 2.75) is 59.0 Å². The number of ether oxygens (including phenoxy) is 2. The van der Waals surface area contributed by atoms with E-state index in [0.29, 0.717) is 24.9 Å². The molecule has 3 atom stereocenters. The Hall–Kier alpha value is -1.06. The van der Waals surface area contributed by atoms with Crippen molar-refractivity contribution in [2.24, 2.45) is 17.3 Å². The molecular formula is C15H24O4. The van der Waals surface area contributed by atoms with Gasteiger partial charge in [0.05, 0.1) is 18.4 Å². The summed E-state index contributed by atoms with van der Waals surface area (Å²) in [5.74, 6) is 0.470. The molecule has 19 heavy (non-hydrogen) atoms. The van der Waals surface area contributed by atoms with Crippen molar-refractivity contribution < 1.29 is 19.1 Å². The Morgan fingerprint density at radius 3 is 2.63 bits per heavy atom. The lowest BCUT2D eigenvalue weighted by Gasteiger charge is -2.34. The minimum atomic E-state index is -0.682. The SMILES string of the molecule is CC(C)CC1(C(=O)OC2(C)CCOC(=O)C2)CC1C. The van der Waals surface area contributed by atoms with Crippen molar-refractivity contribution in [3.63, 3.8) is 0 Å². The Bertz CT molecular complexity index is 390. The fourth-order valence-electron chi connectivity index (χ4n) is 3.11. The number of cyclic esters (lactones) is 1. The summed E-state index contributed by atoms with van der Waals surface area (Å²) in [5.41, 5.74) is -0.989. The van der Waals surface area contributed by atoms with E-state index in [2.05, 4.69) is 20.8 Å². The van der Waals surface area contributed by atoms with E-state index in [9.17, 15) is 9.59 Å². The summed E-state index contributed by atoms with van der Waals surface area (Å²) in [5, 5.41) is 0. The highest BCUT2D eigenvalue weighted by molar-refractivity contribution is 5.81. The van der Waals surface area contributed by atoms with Crippen LogP contribution in [-0.4, -0.2) is 24.1 Å². The molecule has 2 fully saturated rings. The van der Waals surface area contributed by atoms with Gasteiger partial charge in [0, 0.05) is 6.42 Å².